The quantitative estimate of drug-likeness (QED) is 0.201. The van der Waals surface area contributed by atoms with Crippen molar-refractivity contribution in [3.05, 3.63) is 41.0 Å². The van der Waals surface area contributed by atoms with Gasteiger partial charge in [0, 0.05) is 4.88 Å². The van der Waals surface area contributed by atoms with Gasteiger partial charge in [-0.2, -0.15) is 0 Å². The molecule has 36 heavy (non-hydrogen) atoms. The highest BCUT2D eigenvalue weighted by molar-refractivity contribution is 7.18. The first-order valence-electron chi connectivity index (χ1n) is 13.0. The summed E-state index contributed by atoms with van der Waals surface area (Å²) in [5.74, 6) is -0.628. The van der Waals surface area contributed by atoms with E-state index >= 15 is 0 Å². The van der Waals surface area contributed by atoms with Crippen LogP contribution in [0.5, 0.6) is 0 Å². The highest BCUT2D eigenvalue weighted by Gasteiger charge is 2.17. The van der Waals surface area contributed by atoms with Crippen molar-refractivity contribution in [2.75, 3.05) is 25.0 Å². The summed E-state index contributed by atoms with van der Waals surface area (Å²) in [6.45, 7) is 3.40. The number of hydrogen-bond acceptors (Lipinski definition) is 5. The number of urea groups is 1. The molecule has 1 fully saturated rings. The first-order chi connectivity index (χ1) is 17.4. The molecule has 7 nitrogen and oxygen atoms in total. The van der Waals surface area contributed by atoms with Crippen molar-refractivity contribution in [3.8, 4) is 10.4 Å². The van der Waals surface area contributed by atoms with Gasteiger partial charge in [-0.1, -0.05) is 57.1 Å². The van der Waals surface area contributed by atoms with Gasteiger partial charge in [0.1, 0.15) is 10.7 Å². The summed E-state index contributed by atoms with van der Waals surface area (Å²) in [6.07, 6.45) is 15.5. The fraction of sp³-hybridized carbons (Fsp3) is 0.556. The maximum absolute atomic E-state index is 13.1. The van der Waals surface area contributed by atoms with Gasteiger partial charge in [-0.15, -0.1) is 11.3 Å². The number of amides is 2. The molecule has 9 heteroatoms. The number of primary amides is 1. The van der Waals surface area contributed by atoms with Crippen molar-refractivity contribution in [3.63, 3.8) is 0 Å². The van der Waals surface area contributed by atoms with Crippen molar-refractivity contribution in [2.45, 2.75) is 70.6 Å². The van der Waals surface area contributed by atoms with Crippen molar-refractivity contribution < 1.29 is 19.1 Å². The van der Waals surface area contributed by atoms with Crippen molar-refractivity contribution >= 4 is 29.0 Å². The number of benzene rings is 1. The number of piperidine rings is 1. The minimum Gasteiger partial charge on any atom is -0.477 e. The summed E-state index contributed by atoms with van der Waals surface area (Å²) >= 11 is 0.935. The van der Waals surface area contributed by atoms with E-state index in [1.54, 1.807) is 6.07 Å². The topological polar surface area (TPSA) is 130 Å². The maximum Gasteiger partial charge on any atom is 0.348 e. The van der Waals surface area contributed by atoms with Crippen LogP contribution in [0.3, 0.4) is 0 Å². The molecule has 0 unspecified atom stereocenters. The molecule has 7 N–H and O–H groups in total. The zero-order valence-electron chi connectivity index (χ0n) is 21.1. The van der Waals surface area contributed by atoms with Crippen LogP contribution >= 0.6 is 11.3 Å². The smallest absolute Gasteiger partial charge is 0.348 e. The summed E-state index contributed by atoms with van der Waals surface area (Å²) in [7, 11) is 0. The molecule has 0 saturated carbocycles. The molecule has 0 radical (unpaired) electrons. The van der Waals surface area contributed by atoms with Crippen LogP contribution in [0.15, 0.2) is 30.3 Å². The number of carboxylic acids is 1. The van der Waals surface area contributed by atoms with Crippen molar-refractivity contribution in [1.82, 2.24) is 5.32 Å². The minimum atomic E-state index is -1.18. The number of nitrogens with one attached hydrogen (secondary N) is 2. The molecule has 200 valence electrons. The molecule has 2 amide bonds. The summed E-state index contributed by atoms with van der Waals surface area (Å²) in [4.78, 5) is 22.3. The Balaban J connectivity index is 0.000000255. The van der Waals surface area contributed by atoms with Crippen LogP contribution in [-0.2, 0) is 0 Å². The Bertz CT molecular complexity index is 931. The molecule has 1 aliphatic rings. The number of anilines is 1. The van der Waals surface area contributed by atoms with Crippen LogP contribution < -0.4 is 22.1 Å². The summed E-state index contributed by atoms with van der Waals surface area (Å²) in [5, 5.41) is 14.8. The number of unbranched alkanes of at least 4 members (excludes halogenated alkanes) is 7. The van der Waals surface area contributed by atoms with Gasteiger partial charge in [-0.3, -0.25) is 0 Å². The standard InChI is InChI=1S/C15H32N2.C12H9FN2O3S/c16-12-8-6-4-2-1-3-5-7-10-15-11-9-13-17-14-15;13-7-3-1-2-6(4-7)9-5-8(15-12(14)18)10(19-9)11(16)17/h15,17H,1-14,16H2;1-5H,(H,16,17)(H3,14,15,18)/t15-;/m0./s1. The third-order valence-electron chi connectivity index (χ3n) is 6.26. The molecule has 1 saturated heterocycles. The molecule has 3 rings (SSSR count). The van der Waals surface area contributed by atoms with Gasteiger partial charge in [0.15, 0.2) is 0 Å². The predicted octanol–water partition coefficient (Wildman–Crippen LogP) is 6.20. The molecular weight excluding hydrogens is 479 g/mol. The number of carbonyl (C=O) groups is 2. The number of rotatable bonds is 13. The predicted molar refractivity (Wildman–Crippen MR) is 146 cm³/mol. The van der Waals surface area contributed by atoms with Gasteiger partial charge in [-0.05, 0) is 75.0 Å². The molecule has 0 bridgehead atoms. The average Bonchev–Trinajstić information content (AvgIpc) is 3.28. The second-order valence-electron chi connectivity index (χ2n) is 9.28. The first kappa shape index (κ1) is 29.7. The Kier molecular flexibility index (Phi) is 14.1. The van der Waals surface area contributed by atoms with E-state index in [0.717, 1.165) is 23.8 Å². The number of thiophene rings is 1. The van der Waals surface area contributed by atoms with E-state index in [-0.39, 0.29) is 10.6 Å². The Labute approximate surface area is 217 Å². The lowest BCUT2D eigenvalue weighted by Crippen LogP contribution is -2.29. The van der Waals surface area contributed by atoms with Gasteiger partial charge < -0.3 is 27.2 Å². The van der Waals surface area contributed by atoms with Crippen molar-refractivity contribution in [1.29, 1.82) is 0 Å². The van der Waals surface area contributed by atoms with Gasteiger partial charge in [-0.25, -0.2) is 14.0 Å². The molecule has 2 aromatic rings. The molecule has 0 spiro atoms. The van der Waals surface area contributed by atoms with Gasteiger partial charge in [0.2, 0.25) is 0 Å². The van der Waals surface area contributed by atoms with Crippen LogP contribution in [0.25, 0.3) is 10.4 Å². The normalized spacial score (nSPS) is 15.1. The zero-order chi connectivity index (χ0) is 26.2. The Hall–Kier alpha value is -2.49. The van der Waals surface area contributed by atoms with E-state index in [1.165, 1.54) is 108 Å². The molecule has 1 atom stereocenters. The number of hydrogen-bond donors (Lipinski definition) is 5. The van der Waals surface area contributed by atoms with Gasteiger partial charge in [0.25, 0.3) is 0 Å². The Morgan fingerprint density at radius 2 is 1.78 bits per heavy atom. The van der Waals surface area contributed by atoms with E-state index in [0.29, 0.717) is 10.4 Å². The zero-order valence-corrected chi connectivity index (χ0v) is 21.9. The van der Waals surface area contributed by atoms with Gasteiger partial charge in [0.05, 0.1) is 5.69 Å². The lowest BCUT2D eigenvalue weighted by atomic mass is 9.93. The molecule has 1 aromatic heterocycles. The maximum atomic E-state index is 13.1. The SMILES string of the molecule is NC(=O)Nc1cc(-c2cccc(F)c2)sc1C(=O)O.NCCCCCCCCCC[C@H]1CCCNC1. The molecular formula is C27H41FN4O3S. The molecule has 2 heterocycles. The molecule has 1 aromatic carbocycles. The third kappa shape index (κ3) is 11.5. The number of carboxylic acid groups (broad SMARTS) is 1. The summed E-state index contributed by atoms with van der Waals surface area (Å²) in [6, 6.07) is 6.34. The second kappa shape index (κ2) is 17.1. The molecule has 0 aliphatic carbocycles. The Morgan fingerprint density at radius 3 is 2.36 bits per heavy atom. The molecule has 1 aliphatic heterocycles. The van der Waals surface area contributed by atoms with Gasteiger partial charge >= 0.3 is 12.0 Å². The average molecular weight is 521 g/mol. The number of carbonyl (C=O) groups excluding carboxylic acids is 1. The third-order valence-corrected chi connectivity index (χ3v) is 7.43. The monoisotopic (exact) mass is 520 g/mol. The summed E-state index contributed by atoms with van der Waals surface area (Å²) in [5.41, 5.74) is 11.1. The van der Waals surface area contributed by atoms with Crippen LogP contribution in [0, 0.1) is 11.7 Å². The first-order valence-corrected chi connectivity index (χ1v) is 13.8. The largest absolute Gasteiger partial charge is 0.477 e. The van der Waals surface area contributed by atoms with E-state index in [2.05, 4.69) is 10.6 Å². The minimum absolute atomic E-state index is 0.0574. The second-order valence-corrected chi connectivity index (χ2v) is 10.3. The van der Waals surface area contributed by atoms with Crippen LogP contribution in [-0.4, -0.2) is 36.7 Å². The van der Waals surface area contributed by atoms with E-state index in [1.807, 2.05) is 0 Å². The Morgan fingerprint density at radius 1 is 1.08 bits per heavy atom. The fourth-order valence-corrected chi connectivity index (χ4v) is 5.32. The van der Waals surface area contributed by atoms with Crippen LogP contribution in [0.4, 0.5) is 14.9 Å². The van der Waals surface area contributed by atoms with Crippen LogP contribution in [0.2, 0.25) is 0 Å². The highest BCUT2D eigenvalue weighted by Crippen LogP contribution is 2.35. The van der Waals surface area contributed by atoms with E-state index < -0.39 is 17.8 Å². The van der Waals surface area contributed by atoms with Crippen LogP contribution in [0.1, 0.15) is 80.3 Å². The van der Waals surface area contributed by atoms with E-state index in [9.17, 15) is 14.0 Å². The highest BCUT2D eigenvalue weighted by atomic mass is 32.1. The summed E-state index contributed by atoms with van der Waals surface area (Å²) < 4.78 is 13.1. The van der Waals surface area contributed by atoms with E-state index in [4.69, 9.17) is 16.6 Å². The number of aromatic carboxylic acids is 1. The number of nitrogens with two attached hydrogens (primary N) is 2. The number of halogens is 1. The fourth-order valence-electron chi connectivity index (χ4n) is 4.37. The lowest BCUT2D eigenvalue weighted by molar-refractivity contribution is 0.0703. The lowest BCUT2D eigenvalue weighted by Gasteiger charge is -2.22. The van der Waals surface area contributed by atoms with Crippen molar-refractivity contribution in [2.24, 2.45) is 17.4 Å².